The number of hydrogen-bond donors (Lipinski definition) is 1. The van der Waals surface area contributed by atoms with Crippen LogP contribution in [0.1, 0.15) is 43.2 Å². The maximum atomic E-state index is 5.60. The smallest absolute Gasteiger partial charge is 0.0594 e. The largest absolute Gasteiger partial charge is 0.381 e. The molecule has 2 aliphatic heterocycles. The molecule has 0 bridgehead atoms. The molecule has 3 fully saturated rings. The number of nitrogens with zero attached hydrogens (tertiary/aromatic N) is 1. The minimum atomic E-state index is 0.508. The Balaban J connectivity index is 1.29. The molecule has 25 heavy (non-hydrogen) atoms. The van der Waals surface area contributed by atoms with Crippen molar-refractivity contribution in [3.8, 4) is 0 Å². The van der Waals surface area contributed by atoms with Crippen LogP contribution in [0.4, 0.5) is 0 Å². The Bertz CT molecular complexity index is 533. The van der Waals surface area contributed by atoms with Crippen molar-refractivity contribution in [2.24, 2.45) is 5.41 Å². The van der Waals surface area contributed by atoms with Crippen LogP contribution in [0.3, 0.4) is 0 Å². The average molecular weight is 344 g/mol. The lowest BCUT2D eigenvalue weighted by Gasteiger charge is -2.39. The van der Waals surface area contributed by atoms with Crippen LogP contribution in [0, 0.1) is 5.41 Å². The summed E-state index contributed by atoms with van der Waals surface area (Å²) in [6.07, 6.45) is 6.56. The number of hydrogen-bond acceptors (Lipinski definition) is 4. The van der Waals surface area contributed by atoms with Gasteiger partial charge in [0, 0.05) is 45.4 Å². The molecule has 1 spiro atoms. The lowest BCUT2D eigenvalue weighted by atomic mass is 9.75. The van der Waals surface area contributed by atoms with E-state index in [1.54, 1.807) is 0 Å². The highest BCUT2D eigenvalue weighted by atomic mass is 16.5. The summed E-state index contributed by atoms with van der Waals surface area (Å²) in [6, 6.07) is 9.86. The minimum Gasteiger partial charge on any atom is -0.381 e. The Morgan fingerprint density at radius 1 is 0.920 bits per heavy atom. The van der Waals surface area contributed by atoms with E-state index in [-0.39, 0.29) is 0 Å². The van der Waals surface area contributed by atoms with E-state index >= 15 is 0 Å². The number of ether oxygens (including phenoxy) is 2. The van der Waals surface area contributed by atoms with Crippen molar-refractivity contribution in [1.29, 1.82) is 0 Å². The topological polar surface area (TPSA) is 33.7 Å². The van der Waals surface area contributed by atoms with Crippen molar-refractivity contribution in [3.63, 3.8) is 0 Å². The molecule has 1 aromatic carbocycles. The standard InChI is InChI=1S/C21H32N2O2/c1-2-20(21(7-1)8-12-24-13-9-21)22-16-18-3-5-19(6-4-18)17-23-10-14-25-15-11-23/h3-6,20,22H,1-2,7-17H2/t20-/m0/s1. The molecule has 2 saturated heterocycles. The van der Waals surface area contributed by atoms with Crippen LogP contribution in [0.25, 0.3) is 0 Å². The monoisotopic (exact) mass is 344 g/mol. The minimum absolute atomic E-state index is 0.508. The third-order valence-electron chi connectivity index (χ3n) is 6.48. The second-order valence-corrected chi connectivity index (χ2v) is 8.01. The highest BCUT2D eigenvalue weighted by Gasteiger charge is 2.43. The summed E-state index contributed by atoms with van der Waals surface area (Å²) >= 11 is 0. The Kier molecular flexibility index (Phi) is 5.71. The predicted molar refractivity (Wildman–Crippen MR) is 99.5 cm³/mol. The predicted octanol–water partition coefficient (Wildman–Crippen LogP) is 2.96. The molecular weight excluding hydrogens is 312 g/mol. The van der Waals surface area contributed by atoms with E-state index in [0.717, 1.165) is 52.6 Å². The normalized spacial score (nSPS) is 27.0. The van der Waals surface area contributed by atoms with Gasteiger partial charge in [-0.05, 0) is 42.2 Å². The molecule has 1 atom stereocenters. The summed E-state index contributed by atoms with van der Waals surface area (Å²) in [7, 11) is 0. The summed E-state index contributed by atoms with van der Waals surface area (Å²) in [6.45, 7) is 7.79. The van der Waals surface area contributed by atoms with Crippen LogP contribution >= 0.6 is 0 Å². The van der Waals surface area contributed by atoms with E-state index in [9.17, 15) is 0 Å². The van der Waals surface area contributed by atoms with Gasteiger partial charge in [0.2, 0.25) is 0 Å². The quantitative estimate of drug-likeness (QED) is 0.890. The third kappa shape index (κ3) is 4.25. The van der Waals surface area contributed by atoms with Crippen LogP contribution in [0.5, 0.6) is 0 Å². The third-order valence-corrected chi connectivity index (χ3v) is 6.48. The fraction of sp³-hybridized carbons (Fsp3) is 0.714. The van der Waals surface area contributed by atoms with Gasteiger partial charge in [0.15, 0.2) is 0 Å². The molecule has 0 amide bonds. The van der Waals surface area contributed by atoms with Gasteiger partial charge in [-0.15, -0.1) is 0 Å². The fourth-order valence-electron chi connectivity index (χ4n) is 4.85. The zero-order valence-electron chi connectivity index (χ0n) is 15.3. The van der Waals surface area contributed by atoms with Gasteiger partial charge >= 0.3 is 0 Å². The van der Waals surface area contributed by atoms with Gasteiger partial charge in [-0.2, -0.15) is 0 Å². The van der Waals surface area contributed by atoms with E-state index in [2.05, 4.69) is 34.5 Å². The lowest BCUT2D eigenvalue weighted by Crippen LogP contribution is -2.44. The summed E-state index contributed by atoms with van der Waals surface area (Å²) in [4.78, 5) is 2.48. The van der Waals surface area contributed by atoms with E-state index < -0.39 is 0 Å². The first-order valence-electron chi connectivity index (χ1n) is 10.0. The first-order chi connectivity index (χ1) is 12.3. The van der Waals surface area contributed by atoms with Gasteiger partial charge < -0.3 is 14.8 Å². The highest BCUT2D eigenvalue weighted by molar-refractivity contribution is 5.22. The Morgan fingerprint density at radius 3 is 2.36 bits per heavy atom. The van der Waals surface area contributed by atoms with E-state index in [1.807, 2.05) is 0 Å². The Labute approximate surface area is 151 Å². The van der Waals surface area contributed by atoms with Gasteiger partial charge in [-0.25, -0.2) is 0 Å². The molecule has 1 aliphatic carbocycles. The van der Waals surface area contributed by atoms with Gasteiger partial charge in [-0.3, -0.25) is 4.90 Å². The average Bonchev–Trinajstić information content (AvgIpc) is 3.04. The van der Waals surface area contributed by atoms with Gasteiger partial charge in [0.05, 0.1) is 13.2 Å². The second-order valence-electron chi connectivity index (χ2n) is 8.01. The molecule has 3 aliphatic rings. The van der Waals surface area contributed by atoms with E-state index in [4.69, 9.17) is 9.47 Å². The summed E-state index contributed by atoms with van der Waals surface area (Å²) in [5, 5.41) is 3.88. The molecule has 1 aromatic rings. The Hall–Kier alpha value is -0.940. The Morgan fingerprint density at radius 2 is 1.60 bits per heavy atom. The number of benzene rings is 1. The molecule has 0 radical (unpaired) electrons. The molecule has 4 rings (SSSR count). The SMILES string of the molecule is c1cc(CN2CCOCC2)ccc1CN[C@H]1CCCC12CCOCC2. The molecule has 138 valence electrons. The summed E-state index contributed by atoms with van der Waals surface area (Å²) in [5.74, 6) is 0. The van der Waals surface area contributed by atoms with Gasteiger partial charge in [-0.1, -0.05) is 30.7 Å². The van der Waals surface area contributed by atoms with Crippen LogP contribution in [-0.4, -0.2) is 50.5 Å². The molecular formula is C21H32N2O2. The molecule has 4 nitrogen and oxygen atoms in total. The first-order valence-corrected chi connectivity index (χ1v) is 10.0. The molecule has 2 heterocycles. The number of morpholine rings is 1. The van der Waals surface area contributed by atoms with Crippen molar-refractivity contribution in [1.82, 2.24) is 10.2 Å². The van der Waals surface area contributed by atoms with E-state index in [1.165, 1.54) is 43.2 Å². The second kappa shape index (κ2) is 8.17. The zero-order valence-corrected chi connectivity index (χ0v) is 15.3. The molecule has 1 saturated carbocycles. The highest BCUT2D eigenvalue weighted by Crippen LogP contribution is 2.46. The lowest BCUT2D eigenvalue weighted by molar-refractivity contribution is 0.00415. The number of nitrogens with one attached hydrogen (secondary N) is 1. The zero-order chi connectivity index (χ0) is 17.0. The first kappa shape index (κ1) is 17.5. The molecule has 0 aromatic heterocycles. The summed E-state index contributed by atoms with van der Waals surface area (Å²) in [5.41, 5.74) is 3.32. The van der Waals surface area contributed by atoms with Crippen molar-refractivity contribution in [3.05, 3.63) is 35.4 Å². The van der Waals surface area contributed by atoms with Crippen LogP contribution in [-0.2, 0) is 22.6 Å². The van der Waals surface area contributed by atoms with Crippen molar-refractivity contribution in [2.75, 3.05) is 39.5 Å². The van der Waals surface area contributed by atoms with Crippen molar-refractivity contribution >= 4 is 0 Å². The van der Waals surface area contributed by atoms with Crippen LogP contribution in [0.15, 0.2) is 24.3 Å². The van der Waals surface area contributed by atoms with E-state index in [0.29, 0.717) is 11.5 Å². The molecule has 0 unspecified atom stereocenters. The summed E-state index contributed by atoms with van der Waals surface area (Å²) < 4.78 is 11.0. The molecule has 4 heteroatoms. The number of rotatable bonds is 5. The maximum Gasteiger partial charge on any atom is 0.0594 e. The van der Waals surface area contributed by atoms with Gasteiger partial charge in [0.25, 0.3) is 0 Å². The maximum absolute atomic E-state index is 5.60. The van der Waals surface area contributed by atoms with Crippen molar-refractivity contribution < 1.29 is 9.47 Å². The van der Waals surface area contributed by atoms with Crippen LogP contribution in [0.2, 0.25) is 0 Å². The van der Waals surface area contributed by atoms with Crippen LogP contribution < -0.4 is 5.32 Å². The molecule has 1 N–H and O–H groups in total. The van der Waals surface area contributed by atoms with Crippen molar-refractivity contribution in [2.45, 2.75) is 51.2 Å². The van der Waals surface area contributed by atoms with Gasteiger partial charge in [0.1, 0.15) is 0 Å². The fourth-order valence-corrected chi connectivity index (χ4v) is 4.85.